The van der Waals surface area contributed by atoms with Gasteiger partial charge in [-0.15, -0.1) is 10.2 Å². The third-order valence-electron chi connectivity index (χ3n) is 3.99. The van der Waals surface area contributed by atoms with Crippen molar-refractivity contribution in [3.63, 3.8) is 0 Å². The van der Waals surface area contributed by atoms with Crippen LogP contribution in [0.1, 0.15) is 24.4 Å². The van der Waals surface area contributed by atoms with E-state index in [0.717, 1.165) is 11.4 Å². The fourth-order valence-corrected chi connectivity index (χ4v) is 2.74. The van der Waals surface area contributed by atoms with Crippen molar-refractivity contribution in [3.05, 3.63) is 35.7 Å². The fraction of sp³-hybridized carbons (Fsp3) is 0.375. The summed E-state index contributed by atoms with van der Waals surface area (Å²) in [5, 5.41) is 17.4. The summed E-state index contributed by atoms with van der Waals surface area (Å²) in [6, 6.07) is 8.84. The first-order chi connectivity index (χ1) is 11.2. The molecule has 0 unspecified atom stereocenters. The fourth-order valence-electron chi connectivity index (χ4n) is 2.74. The van der Waals surface area contributed by atoms with Gasteiger partial charge in [-0.3, -0.25) is 9.36 Å². The molecule has 0 aliphatic carbocycles. The molecule has 1 aliphatic heterocycles. The van der Waals surface area contributed by atoms with Gasteiger partial charge in [-0.25, -0.2) is 0 Å². The summed E-state index contributed by atoms with van der Waals surface area (Å²) in [6.07, 6.45) is 0. The number of carbonyl (C=O) groups is 1. The maximum Gasteiger partial charge on any atom is 0.245 e. The molecule has 7 heteroatoms. The summed E-state index contributed by atoms with van der Waals surface area (Å²) < 4.78 is 6.92. The van der Waals surface area contributed by atoms with Crippen LogP contribution < -0.4 is 0 Å². The minimum absolute atomic E-state index is 0.0317. The van der Waals surface area contributed by atoms with E-state index in [1.807, 2.05) is 23.6 Å². The van der Waals surface area contributed by atoms with E-state index in [0.29, 0.717) is 31.1 Å². The van der Waals surface area contributed by atoms with Crippen LogP contribution in [-0.4, -0.2) is 45.8 Å². The van der Waals surface area contributed by atoms with Gasteiger partial charge in [0, 0.05) is 19.2 Å². The molecule has 0 fully saturated rings. The Morgan fingerprint density at radius 1 is 1.35 bits per heavy atom. The van der Waals surface area contributed by atoms with Crippen molar-refractivity contribution in [1.82, 2.24) is 19.7 Å². The van der Waals surface area contributed by atoms with Gasteiger partial charge in [-0.2, -0.15) is 5.26 Å². The van der Waals surface area contributed by atoms with E-state index >= 15 is 0 Å². The zero-order chi connectivity index (χ0) is 16.4. The molecule has 7 nitrogen and oxygen atoms in total. The third-order valence-corrected chi connectivity index (χ3v) is 3.99. The average molecular weight is 311 g/mol. The van der Waals surface area contributed by atoms with Crippen LogP contribution in [0.15, 0.2) is 24.3 Å². The first-order valence-corrected chi connectivity index (χ1v) is 7.37. The van der Waals surface area contributed by atoms with Gasteiger partial charge in [-0.05, 0) is 31.2 Å². The van der Waals surface area contributed by atoms with Gasteiger partial charge in [0.15, 0.2) is 11.6 Å². The first kappa shape index (κ1) is 15.2. The van der Waals surface area contributed by atoms with Crippen LogP contribution in [-0.2, 0) is 16.1 Å². The predicted octanol–water partition coefficient (Wildman–Crippen LogP) is 1.37. The lowest BCUT2D eigenvalue weighted by Gasteiger charge is -2.31. The molecule has 1 aromatic carbocycles. The summed E-state index contributed by atoms with van der Waals surface area (Å²) in [7, 11) is 1.61. The van der Waals surface area contributed by atoms with Gasteiger partial charge in [-0.1, -0.05) is 0 Å². The summed E-state index contributed by atoms with van der Waals surface area (Å²) >= 11 is 0. The summed E-state index contributed by atoms with van der Waals surface area (Å²) in [4.78, 5) is 14.3. The van der Waals surface area contributed by atoms with Crippen molar-refractivity contribution in [2.24, 2.45) is 0 Å². The molecule has 0 radical (unpaired) electrons. The molecule has 0 bridgehead atoms. The number of rotatable bonds is 4. The minimum atomic E-state index is -0.365. The lowest BCUT2D eigenvalue weighted by atomic mass is 10.1. The standard InChI is InChI=1S/C16H17N5O2/c1-11-16(22)20(7-8-23-2)10-14-18-19-15(21(11)14)13-5-3-12(9-17)4-6-13/h3-6,11H,7-8,10H2,1-2H3/t11-/m0/s1. The number of amides is 1. The summed E-state index contributed by atoms with van der Waals surface area (Å²) in [5.41, 5.74) is 1.43. The number of nitriles is 1. The smallest absolute Gasteiger partial charge is 0.245 e. The van der Waals surface area contributed by atoms with Crippen LogP contribution in [0, 0.1) is 11.3 Å². The number of hydrogen-bond acceptors (Lipinski definition) is 5. The molecule has 1 atom stereocenters. The number of aromatic nitrogens is 3. The van der Waals surface area contributed by atoms with E-state index < -0.39 is 0 Å². The Hall–Kier alpha value is -2.72. The number of benzene rings is 1. The molecule has 0 spiro atoms. The van der Waals surface area contributed by atoms with E-state index in [9.17, 15) is 4.79 Å². The highest BCUT2D eigenvalue weighted by molar-refractivity contribution is 5.82. The number of fused-ring (bicyclic) bond motifs is 1. The molecule has 1 aromatic heterocycles. The van der Waals surface area contributed by atoms with Crippen LogP contribution in [0.3, 0.4) is 0 Å². The first-order valence-electron chi connectivity index (χ1n) is 7.37. The van der Waals surface area contributed by atoms with Gasteiger partial charge < -0.3 is 9.64 Å². The normalized spacial score (nSPS) is 17.0. The second-order valence-corrected chi connectivity index (χ2v) is 5.43. The second kappa shape index (κ2) is 6.18. The Morgan fingerprint density at radius 2 is 2.09 bits per heavy atom. The largest absolute Gasteiger partial charge is 0.383 e. The second-order valence-electron chi connectivity index (χ2n) is 5.43. The van der Waals surface area contributed by atoms with Crippen molar-refractivity contribution >= 4 is 5.91 Å². The number of ether oxygens (including phenoxy) is 1. The van der Waals surface area contributed by atoms with Crippen LogP contribution in [0.5, 0.6) is 0 Å². The minimum Gasteiger partial charge on any atom is -0.383 e. The van der Waals surface area contributed by atoms with E-state index in [1.54, 1.807) is 24.1 Å². The quantitative estimate of drug-likeness (QED) is 0.851. The molecule has 1 aliphatic rings. The molecule has 2 heterocycles. The Bertz CT molecular complexity index is 760. The lowest BCUT2D eigenvalue weighted by molar-refractivity contribution is -0.137. The molecule has 0 saturated heterocycles. The van der Waals surface area contributed by atoms with Gasteiger partial charge in [0.05, 0.1) is 24.8 Å². The van der Waals surface area contributed by atoms with E-state index in [4.69, 9.17) is 10.00 Å². The van der Waals surface area contributed by atoms with Crippen LogP contribution in [0.25, 0.3) is 11.4 Å². The molecule has 0 saturated carbocycles. The van der Waals surface area contributed by atoms with Crippen molar-refractivity contribution in [2.75, 3.05) is 20.3 Å². The van der Waals surface area contributed by atoms with Crippen LogP contribution in [0.4, 0.5) is 0 Å². The molecule has 3 rings (SSSR count). The van der Waals surface area contributed by atoms with E-state index in [1.165, 1.54) is 0 Å². The average Bonchev–Trinajstić information content (AvgIpc) is 3.01. The summed E-state index contributed by atoms with van der Waals surface area (Å²) in [6.45, 7) is 3.31. The predicted molar refractivity (Wildman–Crippen MR) is 82.2 cm³/mol. The zero-order valence-electron chi connectivity index (χ0n) is 13.1. The highest BCUT2D eigenvalue weighted by Gasteiger charge is 2.33. The van der Waals surface area contributed by atoms with Crippen LogP contribution in [0.2, 0.25) is 0 Å². The van der Waals surface area contributed by atoms with Crippen molar-refractivity contribution in [2.45, 2.75) is 19.5 Å². The van der Waals surface area contributed by atoms with Gasteiger partial charge >= 0.3 is 0 Å². The molecular weight excluding hydrogens is 294 g/mol. The van der Waals surface area contributed by atoms with E-state index in [-0.39, 0.29) is 11.9 Å². The maximum atomic E-state index is 12.5. The Kier molecular flexibility index (Phi) is 4.08. The van der Waals surface area contributed by atoms with Crippen LogP contribution >= 0.6 is 0 Å². The lowest BCUT2D eigenvalue weighted by Crippen LogP contribution is -2.43. The van der Waals surface area contributed by atoms with Crippen molar-refractivity contribution in [3.8, 4) is 17.5 Å². The zero-order valence-corrected chi connectivity index (χ0v) is 13.1. The Morgan fingerprint density at radius 3 is 2.74 bits per heavy atom. The van der Waals surface area contributed by atoms with Crippen molar-refractivity contribution in [1.29, 1.82) is 5.26 Å². The number of methoxy groups -OCH3 is 1. The summed E-state index contributed by atoms with van der Waals surface area (Å²) in [5.74, 6) is 1.44. The van der Waals surface area contributed by atoms with Gasteiger partial charge in [0.25, 0.3) is 0 Å². The topological polar surface area (TPSA) is 84.0 Å². The highest BCUT2D eigenvalue weighted by atomic mass is 16.5. The number of hydrogen-bond donors (Lipinski definition) is 0. The molecule has 1 amide bonds. The molecule has 118 valence electrons. The molecule has 2 aromatic rings. The van der Waals surface area contributed by atoms with Gasteiger partial charge in [0.1, 0.15) is 6.04 Å². The third kappa shape index (κ3) is 2.69. The van der Waals surface area contributed by atoms with Gasteiger partial charge in [0.2, 0.25) is 5.91 Å². The monoisotopic (exact) mass is 311 g/mol. The number of carbonyl (C=O) groups excluding carboxylic acids is 1. The van der Waals surface area contributed by atoms with E-state index in [2.05, 4.69) is 16.3 Å². The number of nitrogens with zero attached hydrogens (tertiary/aromatic N) is 5. The Labute approximate surface area is 134 Å². The molecule has 0 N–H and O–H groups in total. The highest BCUT2D eigenvalue weighted by Crippen LogP contribution is 2.28. The maximum absolute atomic E-state index is 12.5. The Balaban J connectivity index is 1.94. The molecular formula is C16H17N5O2. The van der Waals surface area contributed by atoms with Crippen molar-refractivity contribution < 1.29 is 9.53 Å². The molecule has 23 heavy (non-hydrogen) atoms. The SMILES string of the molecule is COCCN1Cc2nnc(-c3ccc(C#N)cc3)n2[C@@H](C)C1=O.